The van der Waals surface area contributed by atoms with Crippen LogP contribution < -0.4 is 15.4 Å². The Morgan fingerprint density at radius 1 is 0.933 bits per heavy atom. The van der Waals surface area contributed by atoms with Crippen LogP contribution in [0.25, 0.3) is 0 Å². The Hall–Kier alpha value is -4.06. The van der Waals surface area contributed by atoms with E-state index in [0.717, 1.165) is 22.8 Å². The summed E-state index contributed by atoms with van der Waals surface area (Å²) >= 11 is 0. The molecule has 0 fully saturated rings. The summed E-state index contributed by atoms with van der Waals surface area (Å²) in [6.45, 7) is 1.01. The number of pyridine rings is 1. The van der Waals surface area contributed by atoms with Gasteiger partial charge in [-0.2, -0.15) is 0 Å². The topological polar surface area (TPSA) is 76.4 Å². The average Bonchev–Trinajstić information content (AvgIpc) is 3.32. The third-order valence-corrected chi connectivity index (χ3v) is 4.41. The molecule has 2 aromatic carbocycles. The summed E-state index contributed by atoms with van der Waals surface area (Å²) < 4.78 is 11.1. The maximum absolute atomic E-state index is 12.6. The second kappa shape index (κ2) is 9.43. The Balaban J connectivity index is 1.32. The first kappa shape index (κ1) is 19.3. The van der Waals surface area contributed by atoms with Gasteiger partial charge >= 0.3 is 0 Å². The molecule has 2 aromatic heterocycles. The molecule has 4 aromatic rings. The van der Waals surface area contributed by atoms with Crippen molar-refractivity contribution in [1.29, 1.82) is 0 Å². The number of carbonyl (C=O) groups is 1. The molecule has 150 valence electrons. The van der Waals surface area contributed by atoms with Crippen LogP contribution in [0.3, 0.4) is 0 Å². The first-order valence-electron chi connectivity index (χ1n) is 9.56. The number of rotatable bonds is 8. The maximum atomic E-state index is 12.6. The van der Waals surface area contributed by atoms with Crippen LogP contribution in [0, 0.1) is 0 Å². The third kappa shape index (κ3) is 5.26. The number of hydrogen-bond donors (Lipinski definition) is 2. The summed E-state index contributed by atoms with van der Waals surface area (Å²) in [7, 11) is 0. The van der Waals surface area contributed by atoms with E-state index in [-0.39, 0.29) is 5.91 Å². The van der Waals surface area contributed by atoms with Gasteiger partial charge in [-0.05, 0) is 48.0 Å². The number of ether oxygens (including phenoxy) is 1. The first-order valence-corrected chi connectivity index (χ1v) is 9.56. The largest absolute Gasteiger partial charge is 0.489 e. The fourth-order valence-corrected chi connectivity index (χ4v) is 2.84. The molecule has 2 N–H and O–H groups in total. The van der Waals surface area contributed by atoms with Crippen molar-refractivity contribution in [1.82, 2.24) is 4.98 Å². The number of aromatic nitrogens is 1. The van der Waals surface area contributed by atoms with E-state index < -0.39 is 0 Å². The predicted molar refractivity (Wildman–Crippen MR) is 115 cm³/mol. The van der Waals surface area contributed by atoms with E-state index in [1.807, 2.05) is 66.7 Å². The number of anilines is 2. The number of furan rings is 1. The van der Waals surface area contributed by atoms with Gasteiger partial charge in [-0.3, -0.25) is 9.78 Å². The number of hydrogen-bond acceptors (Lipinski definition) is 5. The van der Waals surface area contributed by atoms with E-state index in [4.69, 9.17) is 9.15 Å². The maximum Gasteiger partial charge on any atom is 0.257 e. The third-order valence-electron chi connectivity index (χ3n) is 4.41. The van der Waals surface area contributed by atoms with Crippen LogP contribution in [-0.2, 0) is 13.2 Å². The SMILES string of the molecule is O=C(Nc1ccc(OCc2ccccc2)cc1)c1cncc(NCc2ccco2)c1. The van der Waals surface area contributed by atoms with Gasteiger partial charge in [-0.15, -0.1) is 0 Å². The number of amides is 1. The van der Waals surface area contributed by atoms with E-state index in [1.165, 1.54) is 6.20 Å². The lowest BCUT2D eigenvalue weighted by Gasteiger charge is -2.09. The molecule has 0 bridgehead atoms. The standard InChI is InChI=1S/C24H21N3O3/c28-24(19-13-21(15-25-14-19)26-16-23-7-4-12-29-23)27-20-8-10-22(11-9-20)30-17-18-5-2-1-3-6-18/h1-15,26H,16-17H2,(H,27,28). The van der Waals surface area contributed by atoms with E-state index in [2.05, 4.69) is 15.6 Å². The first-order chi connectivity index (χ1) is 14.8. The lowest BCUT2D eigenvalue weighted by molar-refractivity contribution is 0.102. The van der Waals surface area contributed by atoms with Crippen molar-refractivity contribution < 1.29 is 13.9 Å². The zero-order chi connectivity index (χ0) is 20.6. The summed E-state index contributed by atoms with van der Waals surface area (Å²) in [5, 5.41) is 6.06. The molecule has 0 aliphatic heterocycles. The minimum Gasteiger partial charge on any atom is -0.489 e. The van der Waals surface area contributed by atoms with Crippen molar-refractivity contribution >= 4 is 17.3 Å². The molecule has 0 spiro atoms. The minimum atomic E-state index is -0.234. The molecule has 0 radical (unpaired) electrons. The molecular formula is C24H21N3O3. The Labute approximate surface area is 174 Å². The van der Waals surface area contributed by atoms with Crippen LogP contribution in [0.15, 0.2) is 95.9 Å². The predicted octanol–water partition coefficient (Wildman–Crippen LogP) is 5.12. The molecule has 0 unspecified atom stereocenters. The normalized spacial score (nSPS) is 10.4. The van der Waals surface area contributed by atoms with Crippen LogP contribution in [0.5, 0.6) is 5.75 Å². The van der Waals surface area contributed by atoms with Crippen molar-refractivity contribution in [2.75, 3.05) is 10.6 Å². The Morgan fingerprint density at radius 2 is 1.77 bits per heavy atom. The summed E-state index contributed by atoms with van der Waals surface area (Å²) in [6, 6.07) is 22.7. The summed E-state index contributed by atoms with van der Waals surface area (Å²) in [5.74, 6) is 1.31. The van der Waals surface area contributed by atoms with Crippen molar-refractivity contribution in [3.8, 4) is 5.75 Å². The molecule has 1 amide bonds. The fraction of sp³-hybridized carbons (Fsp3) is 0.0833. The lowest BCUT2D eigenvalue weighted by atomic mass is 10.2. The monoisotopic (exact) mass is 399 g/mol. The molecule has 2 heterocycles. The molecule has 0 aliphatic carbocycles. The highest BCUT2D eigenvalue weighted by atomic mass is 16.5. The highest BCUT2D eigenvalue weighted by Gasteiger charge is 2.08. The second-order valence-electron chi connectivity index (χ2n) is 6.65. The summed E-state index contributed by atoms with van der Waals surface area (Å²) in [4.78, 5) is 16.7. The van der Waals surface area contributed by atoms with Gasteiger partial charge in [0.15, 0.2) is 0 Å². The van der Waals surface area contributed by atoms with Crippen molar-refractivity contribution in [3.05, 3.63) is 108 Å². The van der Waals surface area contributed by atoms with Gasteiger partial charge in [-0.1, -0.05) is 30.3 Å². The molecule has 0 saturated heterocycles. The van der Waals surface area contributed by atoms with Gasteiger partial charge in [0.05, 0.1) is 24.1 Å². The van der Waals surface area contributed by atoms with E-state index >= 15 is 0 Å². The van der Waals surface area contributed by atoms with Gasteiger partial charge in [0, 0.05) is 18.1 Å². The molecule has 30 heavy (non-hydrogen) atoms. The summed E-state index contributed by atoms with van der Waals surface area (Å²) in [5.41, 5.74) is 2.98. The summed E-state index contributed by atoms with van der Waals surface area (Å²) in [6.07, 6.45) is 4.82. The van der Waals surface area contributed by atoms with E-state index in [0.29, 0.717) is 24.4 Å². The van der Waals surface area contributed by atoms with Gasteiger partial charge in [0.1, 0.15) is 18.1 Å². The molecule has 4 rings (SSSR count). The van der Waals surface area contributed by atoms with Crippen LogP contribution >= 0.6 is 0 Å². The Kier molecular flexibility index (Phi) is 6.05. The zero-order valence-electron chi connectivity index (χ0n) is 16.2. The van der Waals surface area contributed by atoms with Crippen LogP contribution in [0.4, 0.5) is 11.4 Å². The van der Waals surface area contributed by atoms with Crippen LogP contribution in [-0.4, -0.2) is 10.9 Å². The quantitative estimate of drug-likeness (QED) is 0.430. The molecule has 0 saturated carbocycles. The van der Waals surface area contributed by atoms with Gasteiger partial charge in [-0.25, -0.2) is 0 Å². The Morgan fingerprint density at radius 3 is 2.53 bits per heavy atom. The van der Waals surface area contributed by atoms with Crippen LogP contribution in [0.2, 0.25) is 0 Å². The number of benzene rings is 2. The molecule has 6 heteroatoms. The van der Waals surface area contributed by atoms with Crippen molar-refractivity contribution in [3.63, 3.8) is 0 Å². The smallest absolute Gasteiger partial charge is 0.257 e. The zero-order valence-corrected chi connectivity index (χ0v) is 16.2. The molecular weight excluding hydrogens is 378 g/mol. The number of carbonyl (C=O) groups excluding carboxylic acids is 1. The van der Waals surface area contributed by atoms with Crippen molar-refractivity contribution in [2.24, 2.45) is 0 Å². The number of nitrogens with one attached hydrogen (secondary N) is 2. The minimum absolute atomic E-state index is 0.234. The van der Waals surface area contributed by atoms with Crippen molar-refractivity contribution in [2.45, 2.75) is 13.2 Å². The molecule has 0 atom stereocenters. The van der Waals surface area contributed by atoms with E-state index in [1.54, 1.807) is 18.5 Å². The molecule has 6 nitrogen and oxygen atoms in total. The van der Waals surface area contributed by atoms with Crippen LogP contribution in [0.1, 0.15) is 21.7 Å². The second-order valence-corrected chi connectivity index (χ2v) is 6.65. The van der Waals surface area contributed by atoms with Gasteiger partial charge in [0.2, 0.25) is 0 Å². The molecule has 0 aliphatic rings. The number of nitrogens with zero attached hydrogens (tertiary/aromatic N) is 1. The lowest BCUT2D eigenvalue weighted by Crippen LogP contribution is -2.12. The Bertz CT molecular complexity index is 1080. The fourth-order valence-electron chi connectivity index (χ4n) is 2.84. The average molecular weight is 399 g/mol. The van der Waals surface area contributed by atoms with E-state index in [9.17, 15) is 4.79 Å². The van der Waals surface area contributed by atoms with Gasteiger partial charge < -0.3 is 19.8 Å². The highest BCUT2D eigenvalue weighted by molar-refractivity contribution is 6.04. The highest BCUT2D eigenvalue weighted by Crippen LogP contribution is 2.18. The van der Waals surface area contributed by atoms with Gasteiger partial charge in [0.25, 0.3) is 5.91 Å².